The number of primary amides is 1. The number of primary sulfonamides is 1. The first-order valence-electron chi connectivity index (χ1n) is 12.3. The molecule has 5 N–H and O–H groups in total. The van der Waals surface area contributed by atoms with Gasteiger partial charge in [-0.1, -0.05) is 32.8 Å². The molecule has 2 aromatic heterocycles. The molecule has 0 aliphatic heterocycles. The van der Waals surface area contributed by atoms with Gasteiger partial charge in [-0.2, -0.15) is 10.1 Å². The molecule has 3 aromatic rings. The van der Waals surface area contributed by atoms with E-state index in [0.29, 0.717) is 35.5 Å². The molecular weight excluding hydrogens is 478 g/mol. The molecular formula is C25H35N7O3S. The maximum atomic E-state index is 11.9. The monoisotopic (exact) mass is 513 g/mol. The minimum atomic E-state index is -3.83. The van der Waals surface area contributed by atoms with Gasteiger partial charge in [0, 0.05) is 24.8 Å². The topological polar surface area (TPSA) is 159 Å². The molecule has 0 spiro atoms. The second-order valence-corrected chi connectivity index (χ2v) is 12.4. The molecule has 0 unspecified atom stereocenters. The highest BCUT2D eigenvalue weighted by Gasteiger charge is 2.29. The van der Waals surface area contributed by atoms with Gasteiger partial charge in [-0.3, -0.25) is 4.79 Å². The third-order valence-corrected chi connectivity index (χ3v) is 8.07. The van der Waals surface area contributed by atoms with Crippen LogP contribution in [0.3, 0.4) is 0 Å². The van der Waals surface area contributed by atoms with Crippen molar-refractivity contribution in [1.29, 1.82) is 0 Å². The molecule has 0 bridgehead atoms. The van der Waals surface area contributed by atoms with Gasteiger partial charge in [-0.25, -0.2) is 23.2 Å². The fourth-order valence-electron chi connectivity index (χ4n) is 5.36. The minimum absolute atomic E-state index is 0.0611. The summed E-state index contributed by atoms with van der Waals surface area (Å²) >= 11 is 0. The van der Waals surface area contributed by atoms with Crippen LogP contribution in [-0.4, -0.2) is 34.1 Å². The van der Waals surface area contributed by atoms with Gasteiger partial charge >= 0.3 is 0 Å². The van der Waals surface area contributed by atoms with Gasteiger partial charge in [0.25, 0.3) is 0 Å². The first-order chi connectivity index (χ1) is 16.9. The number of benzene rings is 1. The fraction of sp³-hybridized carbons (Fsp3) is 0.520. The van der Waals surface area contributed by atoms with Gasteiger partial charge in [0.05, 0.1) is 16.5 Å². The van der Waals surface area contributed by atoms with E-state index in [4.69, 9.17) is 10.9 Å². The Morgan fingerprint density at radius 1 is 1.17 bits per heavy atom. The lowest BCUT2D eigenvalue weighted by Crippen LogP contribution is -2.27. The highest BCUT2D eigenvalue weighted by Crippen LogP contribution is 2.38. The molecule has 1 fully saturated rings. The summed E-state index contributed by atoms with van der Waals surface area (Å²) in [6.07, 6.45) is 9.39. The van der Waals surface area contributed by atoms with E-state index >= 15 is 0 Å². The van der Waals surface area contributed by atoms with Crippen LogP contribution in [0.25, 0.3) is 11.0 Å². The van der Waals surface area contributed by atoms with Crippen molar-refractivity contribution >= 4 is 38.6 Å². The number of nitrogens with one attached hydrogen (secondary N) is 1. The van der Waals surface area contributed by atoms with Crippen molar-refractivity contribution in [1.82, 2.24) is 19.7 Å². The van der Waals surface area contributed by atoms with Gasteiger partial charge in [0.2, 0.25) is 21.9 Å². The second kappa shape index (κ2) is 10.1. The Kier molecular flexibility index (Phi) is 7.33. The Bertz CT molecular complexity index is 1360. The van der Waals surface area contributed by atoms with Crippen molar-refractivity contribution in [2.24, 2.45) is 28.1 Å². The summed E-state index contributed by atoms with van der Waals surface area (Å²) < 4.78 is 25.6. The first kappa shape index (κ1) is 26.0. The molecule has 4 rings (SSSR count). The number of aryl methyl sites for hydroxylation is 1. The largest absolute Gasteiger partial charge is 0.370 e. The minimum Gasteiger partial charge on any atom is -0.370 e. The van der Waals surface area contributed by atoms with Crippen LogP contribution in [0.2, 0.25) is 0 Å². The molecule has 0 atom stereocenters. The van der Waals surface area contributed by atoms with Gasteiger partial charge in [0.15, 0.2) is 5.65 Å². The molecule has 1 aliphatic carbocycles. The Morgan fingerprint density at radius 3 is 2.53 bits per heavy atom. The maximum Gasteiger partial charge on any atom is 0.238 e. The Balaban J connectivity index is 1.42. The van der Waals surface area contributed by atoms with Crippen molar-refractivity contribution < 1.29 is 13.2 Å². The summed E-state index contributed by atoms with van der Waals surface area (Å²) in [5, 5.41) is 13.8. The van der Waals surface area contributed by atoms with Crippen LogP contribution >= 0.6 is 0 Å². The standard InChI is InChI=1S/C25H35N7O3S/c1-16-4-9-20(10-21(16)36(27,34)35)30-24-28-13-19-14-29-32(23(19)31-24)15-18-7-5-17(6-8-18)11-25(2,3)12-22(26)33/h4,9-10,13-14,17-18H,5-8,11-12,15H2,1-3H3,(H2,26,33)(H2,27,34,35)(H,28,30,31). The zero-order valence-electron chi connectivity index (χ0n) is 21.1. The van der Waals surface area contributed by atoms with Crippen molar-refractivity contribution in [2.75, 3.05) is 5.32 Å². The fourth-order valence-corrected chi connectivity index (χ4v) is 6.17. The predicted octanol–water partition coefficient (Wildman–Crippen LogP) is 3.62. The lowest BCUT2D eigenvalue weighted by molar-refractivity contribution is -0.120. The molecule has 10 nitrogen and oxygen atoms in total. The smallest absolute Gasteiger partial charge is 0.238 e. The number of aromatic nitrogens is 4. The van der Waals surface area contributed by atoms with E-state index in [-0.39, 0.29) is 16.2 Å². The van der Waals surface area contributed by atoms with Gasteiger partial charge < -0.3 is 11.1 Å². The summed E-state index contributed by atoms with van der Waals surface area (Å²) in [5.74, 6) is 1.24. The lowest BCUT2D eigenvalue weighted by Gasteiger charge is -2.34. The second-order valence-electron chi connectivity index (χ2n) is 10.8. The number of anilines is 2. The number of nitrogens with zero attached hydrogens (tertiary/aromatic N) is 4. The molecule has 1 saturated carbocycles. The average Bonchev–Trinajstić information content (AvgIpc) is 3.16. The predicted molar refractivity (Wildman–Crippen MR) is 139 cm³/mol. The normalized spacial score (nSPS) is 18.9. The van der Waals surface area contributed by atoms with E-state index in [2.05, 4.69) is 34.2 Å². The molecule has 0 radical (unpaired) electrons. The van der Waals surface area contributed by atoms with Crippen LogP contribution in [0.1, 0.15) is 57.9 Å². The van der Waals surface area contributed by atoms with Crippen LogP contribution in [0, 0.1) is 24.2 Å². The van der Waals surface area contributed by atoms with E-state index in [1.807, 2.05) is 4.68 Å². The number of rotatable bonds is 9. The molecule has 2 heterocycles. The molecule has 1 amide bonds. The van der Waals surface area contributed by atoms with E-state index in [9.17, 15) is 13.2 Å². The Hall–Kier alpha value is -3.05. The van der Waals surface area contributed by atoms with Crippen molar-refractivity contribution in [3.05, 3.63) is 36.2 Å². The number of fused-ring (bicyclic) bond motifs is 1. The van der Waals surface area contributed by atoms with Crippen molar-refractivity contribution in [3.63, 3.8) is 0 Å². The third-order valence-electron chi connectivity index (χ3n) is 7.02. The molecule has 36 heavy (non-hydrogen) atoms. The van der Waals surface area contributed by atoms with Gasteiger partial charge in [-0.15, -0.1) is 0 Å². The third kappa shape index (κ3) is 6.38. The first-order valence-corrected chi connectivity index (χ1v) is 13.8. The van der Waals surface area contributed by atoms with Crippen molar-refractivity contribution in [2.45, 2.75) is 70.7 Å². The van der Waals surface area contributed by atoms with Crippen LogP contribution in [-0.2, 0) is 21.4 Å². The molecule has 1 aromatic carbocycles. The zero-order chi connectivity index (χ0) is 26.1. The van der Waals surface area contributed by atoms with E-state index < -0.39 is 10.0 Å². The highest BCUT2D eigenvalue weighted by molar-refractivity contribution is 7.89. The number of carbonyl (C=O) groups is 1. The quantitative estimate of drug-likeness (QED) is 0.394. The van der Waals surface area contributed by atoms with Crippen LogP contribution in [0.4, 0.5) is 11.6 Å². The molecule has 194 valence electrons. The lowest BCUT2D eigenvalue weighted by atomic mass is 9.72. The summed E-state index contributed by atoms with van der Waals surface area (Å²) in [5.41, 5.74) is 7.20. The maximum absolute atomic E-state index is 11.9. The summed E-state index contributed by atoms with van der Waals surface area (Å²) in [4.78, 5) is 20.4. The van der Waals surface area contributed by atoms with E-state index in [1.54, 1.807) is 31.5 Å². The number of amides is 1. The summed E-state index contributed by atoms with van der Waals surface area (Å²) in [6.45, 7) is 6.71. The summed E-state index contributed by atoms with van der Waals surface area (Å²) in [7, 11) is -3.83. The molecule has 0 saturated heterocycles. The van der Waals surface area contributed by atoms with Gasteiger partial charge in [0.1, 0.15) is 0 Å². The van der Waals surface area contributed by atoms with Crippen molar-refractivity contribution in [3.8, 4) is 0 Å². The van der Waals surface area contributed by atoms with Crippen LogP contribution in [0.5, 0.6) is 0 Å². The average molecular weight is 514 g/mol. The summed E-state index contributed by atoms with van der Waals surface area (Å²) in [6, 6.07) is 4.94. The number of carbonyl (C=O) groups excluding carboxylic acids is 1. The SMILES string of the molecule is Cc1ccc(Nc2ncc3cnn(CC4CCC(CC(C)(C)CC(N)=O)CC4)c3n2)cc1S(N)(=O)=O. The van der Waals surface area contributed by atoms with Crippen LogP contribution in [0.15, 0.2) is 35.5 Å². The van der Waals surface area contributed by atoms with Gasteiger partial charge in [-0.05, 0) is 61.1 Å². The zero-order valence-corrected chi connectivity index (χ0v) is 21.9. The number of sulfonamides is 1. The van der Waals surface area contributed by atoms with Crippen LogP contribution < -0.4 is 16.2 Å². The number of hydrogen-bond donors (Lipinski definition) is 3. The number of hydrogen-bond acceptors (Lipinski definition) is 7. The van der Waals surface area contributed by atoms with E-state index in [1.165, 1.54) is 6.07 Å². The Morgan fingerprint density at radius 2 is 1.86 bits per heavy atom. The van der Waals surface area contributed by atoms with E-state index in [0.717, 1.165) is 49.7 Å². The molecule has 11 heteroatoms. The Labute approximate surface area is 211 Å². The molecule has 1 aliphatic rings. The highest BCUT2D eigenvalue weighted by atomic mass is 32.2. The number of nitrogens with two attached hydrogens (primary N) is 2.